The van der Waals surface area contributed by atoms with E-state index in [0.717, 1.165) is 11.1 Å². The topological polar surface area (TPSA) is 56.4 Å². The summed E-state index contributed by atoms with van der Waals surface area (Å²) in [6.45, 7) is 3.64. The monoisotopic (exact) mass is 312 g/mol. The van der Waals surface area contributed by atoms with E-state index < -0.39 is 0 Å². The van der Waals surface area contributed by atoms with Crippen LogP contribution in [0.15, 0.2) is 47.1 Å². The van der Waals surface area contributed by atoms with E-state index in [4.69, 9.17) is 9.15 Å². The molecule has 23 heavy (non-hydrogen) atoms. The minimum atomic E-state index is -0.124. The van der Waals surface area contributed by atoms with E-state index in [-0.39, 0.29) is 5.91 Å². The Kier molecular flexibility index (Phi) is 4.48. The fourth-order valence-corrected chi connectivity index (χ4v) is 2.57. The molecule has 0 aliphatic rings. The van der Waals surface area contributed by atoms with Crippen LogP contribution in [0.2, 0.25) is 0 Å². The van der Waals surface area contributed by atoms with Crippen molar-refractivity contribution in [2.45, 2.75) is 13.5 Å². The van der Waals surface area contributed by atoms with Gasteiger partial charge in [-0.1, -0.05) is 29.8 Å². The van der Waals surface area contributed by atoms with Crippen molar-refractivity contribution in [3.8, 4) is 0 Å². The number of hydrogen-bond donors (Lipinski definition) is 1. The molecule has 0 spiro atoms. The number of nitrogens with one attached hydrogen (secondary N) is 1. The highest BCUT2D eigenvalue weighted by atomic mass is 16.5. The number of amides is 1. The Labute approximate surface area is 134 Å². The number of nitrogens with zero attached hydrogens (tertiary/aromatic N) is 1. The number of carbonyl (C=O) groups excluding carboxylic acids is 1. The maximum Gasteiger partial charge on any atom is 0.268 e. The van der Waals surface area contributed by atoms with Gasteiger partial charge in [0, 0.05) is 32.3 Å². The van der Waals surface area contributed by atoms with Crippen molar-refractivity contribution in [1.29, 1.82) is 0 Å². The lowest BCUT2D eigenvalue weighted by molar-refractivity contribution is 0.0928. The van der Waals surface area contributed by atoms with Crippen LogP contribution >= 0.6 is 0 Å². The molecule has 5 heteroatoms. The van der Waals surface area contributed by atoms with Crippen LogP contribution in [0.5, 0.6) is 0 Å². The summed E-state index contributed by atoms with van der Waals surface area (Å²) < 4.78 is 12.4. The largest absolute Gasteiger partial charge is 0.463 e. The highest BCUT2D eigenvalue weighted by Crippen LogP contribution is 2.22. The molecular formula is C18H20N2O3. The maximum atomic E-state index is 12.4. The Balaban J connectivity index is 1.90. The summed E-state index contributed by atoms with van der Waals surface area (Å²) in [7, 11) is 1.61. The van der Waals surface area contributed by atoms with Gasteiger partial charge in [0.05, 0.1) is 18.4 Å². The quantitative estimate of drug-likeness (QED) is 0.712. The lowest BCUT2D eigenvalue weighted by Crippen LogP contribution is -2.29. The first-order valence-corrected chi connectivity index (χ1v) is 7.58. The summed E-state index contributed by atoms with van der Waals surface area (Å²) in [5.74, 6) is -0.124. The minimum absolute atomic E-state index is 0.124. The third-order valence-corrected chi connectivity index (χ3v) is 3.81. The van der Waals surface area contributed by atoms with Gasteiger partial charge in [0.2, 0.25) is 0 Å². The average Bonchev–Trinajstić information content (AvgIpc) is 3.12. The molecule has 1 amide bonds. The molecule has 0 aliphatic carbocycles. The lowest BCUT2D eigenvalue weighted by Gasteiger charge is -2.11. The van der Waals surface area contributed by atoms with Crippen molar-refractivity contribution >= 4 is 17.0 Å². The van der Waals surface area contributed by atoms with E-state index in [1.807, 2.05) is 10.6 Å². The van der Waals surface area contributed by atoms with Crippen molar-refractivity contribution in [3.05, 3.63) is 59.5 Å². The number of aryl methyl sites for hydroxylation is 1. The number of rotatable bonds is 6. The van der Waals surface area contributed by atoms with Gasteiger partial charge in [0.15, 0.2) is 5.58 Å². The molecule has 2 aromatic heterocycles. The lowest BCUT2D eigenvalue weighted by atomic mass is 10.1. The van der Waals surface area contributed by atoms with E-state index in [1.54, 1.807) is 19.4 Å². The van der Waals surface area contributed by atoms with Crippen molar-refractivity contribution in [2.24, 2.45) is 0 Å². The molecular weight excluding hydrogens is 292 g/mol. The summed E-state index contributed by atoms with van der Waals surface area (Å²) in [6, 6.07) is 12.0. The SMILES string of the molecule is COCCNC(=O)c1cc2occc2n1Cc1ccc(C)cc1. The first-order chi connectivity index (χ1) is 11.2. The summed E-state index contributed by atoms with van der Waals surface area (Å²) >= 11 is 0. The van der Waals surface area contributed by atoms with Crippen LogP contribution in [0, 0.1) is 6.92 Å². The molecule has 5 nitrogen and oxygen atoms in total. The number of furan rings is 1. The Morgan fingerprint density at radius 1 is 1.26 bits per heavy atom. The number of aromatic nitrogens is 1. The second-order valence-corrected chi connectivity index (χ2v) is 5.52. The van der Waals surface area contributed by atoms with Crippen LogP contribution in [0.1, 0.15) is 21.6 Å². The maximum absolute atomic E-state index is 12.4. The number of hydrogen-bond acceptors (Lipinski definition) is 3. The zero-order valence-electron chi connectivity index (χ0n) is 13.3. The Morgan fingerprint density at radius 3 is 2.78 bits per heavy atom. The second kappa shape index (κ2) is 6.71. The molecule has 0 aliphatic heterocycles. The molecule has 0 saturated carbocycles. The number of benzene rings is 1. The van der Waals surface area contributed by atoms with Gasteiger partial charge in [0.25, 0.3) is 5.91 Å². The molecule has 0 saturated heterocycles. The molecule has 3 rings (SSSR count). The number of fused-ring (bicyclic) bond motifs is 1. The fourth-order valence-electron chi connectivity index (χ4n) is 2.57. The second-order valence-electron chi connectivity index (χ2n) is 5.52. The van der Waals surface area contributed by atoms with E-state index in [0.29, 0.717) is 31.0 Å². The first-order valence-electron chi connectivity index (χ1n) is 7.58. The summed E-state index contributed by atoms with van der Waals surface area (Å²) in [4.78, 5) is 12.4. The van der Waals surface area contributed by atoms with E-state index in [9.17, 15) is 4.79 Å². The van der Waals surface area contributed by atoms with Gasteiger partial charge < -0.3 is 19.0 Å². The summed E-state index contributed by atoms with van der Waals surface area (Å²) in [5.41, 5.74) is 4.58. The fraction of sp³-hybridized carbons (Fsp3) is 0.278. The molecule has 0 atom stereocenters. The van der Waals surface area contributed by atoms with Crippen LogP contribution in [0.25, 0.3) is 11.1 Å². The van der Waals surface area contributed by atoms with Crippen molar-refractivity contribution in [2.75, 3.05) is 20.3 Å². The molecule has 0 fully saturated rings. The zero-order chi connectivity index (χ0) is 16.2. The predicted molar refractivity (Wildman–Crippen MR) is 88.7 cm³/mol. The molecule has 0 radical (unpaired) electrons. The van der Waals surface area contributed by atoms with Crippen LogP contribution in [-0.2, 0) is 11.3 Å². The van der Waals surface area contributed by atoms with Crippen LogP contribution in [-0.4, -0.2) is 30.7 Å². The Hall–Kier alpha value is -2.53. The zero-order valence-corrected chi connectivity index (χ0v) is 13.3. The smallest absolute Gasteiger partial charge is 0.268 e. The average molecular weight is 312 g/mol. The standard InChI is InChI=1S/C18H20N2O3/c1-13-3-5-14(6-4-13)12-20-15-7-9-23-17(15)11-16(20)18(21)19-8-10-22-2/h3-7,9,11H,8,10,12H2,1-2H3,(H,19,21). The van der Waals surface area contributed by atoms with Gasteiger partial charge in [-0.2, -0.15) is 0 Å². The number of carbonyl (C=O) groups is 1. The highest BCUT2D eigenvalue weighted by Gasteiger charge is 2.17. The van der Waals surface area contributed by atoms with Gasteiger partial charge in [0.1, 0.15) is 5.69 Å². The van der Waals surface area contributed by atoms with Gasteiger partial charge in [-0.3, -0.25) is 4.79 Å². The van der Waals surface area contributed by atoms with Crippen LogP contribution in [0.4, 0.5) is 0 Å². The first kappa shape index (κ1) is 15.4. The third-order valence-electron chi connectivity index (χ3n) is 3.81. The molecule has 120 valence electrons. The number of ether oxygens (including phenoxy) is 1. The van der Waals surface area contributed by atoms with Gasteiger partial charge in [-0.05, 0) is 12.5 Å². The van der Waals surface area contributed by atoms with E-state index >= 15 is 0 Å². The Bertz CT molecular complexity index is 799. The van der Waals surface area contributed by atoms with Gasteiger partial charge in [-0.25, -0.2) is 0 Å². The highest BCUT2D eigenvalue weighted by molar-refractivity contribution is 5.97. The van der Waals surface area contributed by atoms with Crippen molar-refractivity contribution < 1.29 is 13.9 Å². The third kappa shape index (κ3) is 3.29. The molecule has 0 bridgehead atoms. The number of methoxy groups -OCH3 is 1. The molecule has 3 aromatic rings. The normalized spacial score (nSPS) is 11.0. The van der Waals surface area contributed by atoms with E-state index in [2.05, 4.69) is 36.5 Å². The van der Waals surface area contributed by atoms with Crippen molar-refractivity contribution in [3.63, 3.8) is 0 Å². The van der Waals surface area contributed by atoms with Crippen LogP contribution in [0.3, 0.4) is 0 Å². The molecule has 1 N–H and O–H groups in total. The minimum Gasteiger partial charge on any atom is -0.463 e. The summed E-state index contributed by atoms with van der Waals surface area (Å²) in [6.07, 6.45) is 1.64. The molecule has 1 aromatic carbocycles. The molecule has 0 unspecified atom stereocenters. The van der Waals surface area contributed by atoms with Gasteiger partial charge in [-0.15, -0.1) is 0 Å². The van der Waals surface area contributed by atoms with E-state index in [1.165, 1.54) is 5.56 Å². The van der Waals surface area contributed by atoms with Gasteiger partial charge >= 0.3 is 0 Å². The van der Waals surface area contributed by atoms with Crippen molar-refractivity contribution in [1.82, 2.24) is 9.88 Å². The predicted octanol–water partition coefficient (Wildman–Crippen LogP) is 2.97. The van der Waals surface area contributed by atoms with Crippen LogP contribution < -0.4 is 5.32 Å². The Morgan fingerprint density at radius 2 is 2.04 bits per heavy atom. The summed E-state index contributed by atoms with van der Waals surface area (Å²) in [5, 5.41) is 2.86. The molecule has 2 heterocycles.